The van der Waals surface area contributed by atoms with Crippen LogP contribution in [0.25, 0.3) is 0 Å². The summed E-state index contributed by atoms with van der Waals surface area (Å²) in [7, 11) is 0. The van der Waals surface area contributed by atoms with Gasteiger partial charge in [0.25, 0.3) is 5.91 Å². The van der Waals surface area contributed by atoms with Crippen LogP contribution in [0.2, 0.25) is 0 Å². The molecule has 1 aromatic rings. The number of hydrogen-bond acceptors (Lipinski definition) is 3. The molecule has 2 aliphatic rings. The maximum atomic E-state index is 12.8. The summed E-state index contributed by atoms with van der Waals surface area (Å²) in [5, 5.41) is 2.69. The Labute approximate surface area is 137 Å². The highest BCUT2D eigenvalue weighted by molar-refractivity contribution is 5.92. The van der Waals surface area contributed by atoms with E-state index in [-0.39, 0.29) is 11.8 Å². The van der Waals surface area contributed by atoms with Gasteiger partial charge < -0.3 is 14.6 Å². The molecule has 1 aliphatic carbocycles. The van der Waals surface area contributed by atoms with Gasteiger partial charge in [0, 0.05) is 19.5 Å². The number of hydrogen-bond donors (Lipinski definition) is 1. The number of nitrogens with one attached hydrogen (secondary N) is 1. The first-order valence-corrected chi connectivity index (χ1v) is 8.79. The molecule has 0 aromatic carbocycles. The number of amides is 2. The van der Waals surface area contributed by atoms with E-state index >= 15 is 0 Å². The highest BCUT2D eigenvalue weighted by Gasteiger charge is 2.36. The van der Waals surface area contributed by atoms with Gasteiger partial charge in [-0.25, -0.2) is 0 Å². The zero-order valence-corrected chi connectivity index (χ0v) is 13.8. The third kappa shape index (κ3) is 3.77. The molecular weight excluding hydrogens is 292 g/mol. The van der Waals surface area contributed by atoms with Crippen LogP contribution in [-0.2, 0) is 11.3 Å². The SMILES string of the molecule is CC(=O)NCc1ccc(C(=O)N2CCCC2C2CCCCC2)o1. The van der Waals surface area contributed by atoms with E-state index in [2.05, 4.69) is 5.32 Å². The van der Waals surface area contributed by atoms with Crippen LogP contribution in [0, 0.1) is 5.92 Å². The number of nitrogens with zero attached hydrogens (tertiary/aromatic N) is 1. The van der Waals surface area contributed by atoms with Gasteiger partial charge in [-0.1, -0.05) is 19.3 Å². The lowest BCUT2D eigenvalue weighted by atomic mass is 9.83. The first kappa shape index (κ1) is 16.1. The van der Waals surface area contributed by atoms with Crippen molar-refractivity contribution in [2.24, 2.45) is 5.92 Å². The molecule has 1 saturated heterocycles. The fraction of sp³-hybridized carbons (Fsp3) is 0.667. The molecule has 1 saturated carbocycles. The highest BCUT2D eigenvalue weighted by atomic mass is 16.4. The Kier molecular flexibility index (Phi) is 5.03. The number of likely N-dealkylation sites (tertiary alicyclic amines) is 1. The fourth-order valence-electron chi connectivity index (χ4n) is 3.99. The van der Waals surface area contributed by atoms with Crippen molar-refractivity contribution in [3.05, 3.63) is 23.7 Å². The van der Waals surface area contributed by atoms with Gasteiger partial charge >= 0.3 is 0 Å². The second kappa shape index (κ2) is 7.20. The molecule has 23 heavy (non-hydrogen) atoms. The molecule has 1 N–H and O–H groups in total. The first-order valence-electron chi connectivity index (χ1n) is 8.79. The summed E-state index contributed by atoms with van der Waals surface area (Å²) in [6.07, 6.45) is 8.64. The lowest BCUT2D eigenvalue weighted by Gasteiger charge is -2.33. The van der Waals surface area contributed by atoms with Crippen molar-refractivity contribution in [3.8, 4) is 0 Å². The molecule has 1 atom stereocenters. The van der Waals surface area contributed by atoms with Gasteiger partial charge in [-0.3, -0.25) is 9.59 Å². The molecular formula is C18H26N2O3. The van der Waals surface area contributed by atoms with Gasteiger partial charge in [0.05, 0.1) is 6.54 Å². The summed E-state index contributed by atoms with van der Waals surface area (Å²) in [5.41, 5.74) is 0. The molecule has 2 fully saturated rings. The summed E-state index contributed by atoms with van der Waals surface area (Å²) >= 11 is 0. The molecule has 3 rings (SSSR count). The maximum Gasteiger partial charge on any atom is 0.289 e. The van der Waals surface area contributed by atoms with Gasteiger partial charge in [0.15, 0.2) is 5.76 Å². The minimum absolute atomic E-state index is 0.00662. The Bertz CT molecular complexity index is 560. The van der Waals surface area contributed by atoms with Crippen LogP contribution in [0.5, 0.6) is 0 Å². The van der Waals surface area contributed by atoms with E-state index in [4.69, 9.17) is 4.42 Å². The lowest BCUT2D eigenvalue weighted by Crippen LogP contribution is -2.40. The third-order valence-corrected chi connectivity index (χ3v) is 5.14. The summed E-state index contributed by atoms with van der Waals surface area (Å²) < 4.78 is 5.64. The van der Waals surface area contributed by atoms with Crippen LogP contribution in [-0.4, -0.2) is 29.3 Å². The average molecular weight is 318 g/mol. The van der Waals surface area contributed by atoms with Crippen LogP contribution in [0.3, 0.4) is 0 Å². The van der Waals surface area contributed by atoms with E-state index in [1.807, 2.05) is 4.90 Å². The van der Waals surface area contributed by atoms with Gasteiger partial charge in [-0.2, -0.15) is 0 Å². The molecule has 2 amide bonds. The van der Waals surface area contributed by atoms with E-state index in [0.29, 0.717) is 30.0 Å². The molecule has 5 nitrogen and oxygen atoms in total. The van der Waals surface area contributed by atoms with E-state index < -0.39 is 0 Å². The van der Waals surface area contributed by atoms with Crippen LogP contribution in [0.15, 0.2) is 16.5 Å². The second-order valence-electron chi connectivity index (χ2n) is 6.78. The Morgan fingerprint density at radius 1 is 1.17 bits per heavy atom. The second-order valence-corrected chi connectivity index (χ2v) is 6.78. The summed E-state index contributed by atoms with van der Waals surface area (Å²) in [4.78, 5) is 25.8. The molecule has 0 radical (unpaired) electrons. The Balaban J connectivity index is 1.65. The van der Waals surface area contributed by atoms with E-state index in [9.17, 15) is 9.59 Å². The topological polar surface area (TPSA) is 62.6 Å². The van der Waals surface area contributed by atoms with Crippen molar-refractivity contribution < 1.29 is 14.0 Å². The smallest absolute Gasteiger partial charge is 0.289 e. The van der Waals surface area contributed by atoms with E-state index in [0.717, 1.165) is 19.4 Å². The van der Waals surface area contributed by atoms with Gasteiger partial charge in [-0.15, -0.1) is 0 Å². The van der Waals surface area contributed by atoms with E-state index in [1.165, 1.54) is 39.0 Å². The standard InChI is InChI=1S/C18H26N2O3/c1-13(21)19-12-15-9-10-17(23-15)18(22)20-11-5-8-16(20)14-6-3-2-4-7-14/h9-10,14,16H,2-8,11-12H2,1H3,(H,19,21). The van der Waals surface area contributed by atoms with Crippen LogP contribution in [0.1, 0.15) is 68.2 Å². The predicted octanol–water partition coefficient (Wildman–Crippen LogP) is 3.10. The Morgan fingerprint density at radius 2 is 1.96 bits per heavy atom. The zero-order valence-electron chi connectivity index (χ0n) is 13.8. The number of carbonyl (C=O) groups is 2. The Morgan fingerprint density at radius 3 is 2.70 bits per heavy atom. The molecule has 1 aromatic heterocycles. The normalized spacial score (nSPS) is 22.3. The lowest BCUT2D eigenvalue weighted by molar-refractivity contribution is -0.119. The molecule has 5 heteroatoms. The van der Waals surface area contributed by atoms with Crippen LogP contribution < -0.4 is 5.32 Å². The van der Waals surface area contributed by atoms with Crippen molar-refractivity contribution in [1.82, 2.24) is 10.2 Å². The van der Waals surface area contributed by atoms with Crippen molar-refractivity contribution >= 4 is 11.8 Å². The average Bonchev–Trinajstić information content (AvgIpc) is 3.22. The van der Waals surface area contributed by atoms with Gasteiger partial charge in [0.2, 0.25) is 5.91 Å². The summed E-state index contributed by atoms with van der Waals surface area (Å²) in [5.74, 6) is 1.58. The quantitative estimate of drug-likeness (QED) is 0.928. The molecule has 2 heterocycles. The number of carbonyl (C=O) groups excluding carboxylic acids is 2. The van der Waals surface area contributed by atoms with Crippen LogP contribution in [0.4, 0.5) is 0 Å². The maximum absolute atomic E-state index is 12.8. The highest BCUT2D eigenvalue weighted by Crippen LogP contribution is 2.35. The van der Waals surface area contributed by atoms with Crippen molar-refractivity contribution in [2.45, 2.75) is 64.5 Å². The monoisotopic (exact) mass is 318 g/mol. The molecule has 126 valence electrons. The predicted molar refractivity (Wildman–Crippen MR) is 86.9 cm³/mol. The van der Waals surface area contributed by atoms with Crippen molar-refractivity contribution in [3.63, 3.8) is 0 Å². The minimum atomic E-state index is -0.105. The zero-order chi connectivity index (χ0) is 16.2. The number of rotatable bonds is 4. The first-order chi connectivity index (χ1) is 11.1. The largest absolute Gasteiger partial charge is 0.454 e. The minimum Gasteiger partial charge on any atom is -0.454 e. The fourth-order valence-corrected chi connectivity index (χ4v) is 3.99. The van der Waals surface area contributed by atoms with Crippen molar-refractivity contribution in [1.29, 1.82) is 0 Å². The number of furan rings is 1. The van der Waals surface area contributed by atoms with Gasteiger partial charge in [-0.05, 0) is 43.7 Å². The summed E-state index contributed by atoms with van der Waals surface area (Å²) in [6, 6.07) is 3.89. The third-order valence-electron chi connectivity index (χ3n) is 5.14. The molecule has 1 unspecified atom stereocenters. The molecule has 1 aliphatic heterocycles. The van der Waals surface area contributed by atoms with Gasteiger partial charge in [0.1, 0.15) is 5.76 Å². The molecule has 0 bridgehead atoms. The van der Waals surface area contributed by atoms with E-state index in [1.54, 1.807) is 12.1 Å². The molecule has 0 spiro atoms. The Hall–Kier alpha value is -1.78. The van der Waals surface area contributed by atoms with Crippen LogP contribution >= 0.6 is 0 Å². The van der Waals surface area contributed by atoms with Crippen molar-refractivity contribution in [2.75, 3.05) is 6.54 Å². The summed E-state index contributed by atoms with van der Waals surface area (Å²) in [6.45, 7) is 2.63.